The topological polar surface area (TPSA) is 61.4 Å². The van der Waals surface area contributed by atoms with Crippen LogP contribution in [0.25, 0.3) is 111 Å². The molecule has 0 saturated carbocycles. The number of aromatic nitrogens is 6. The van der Waals surface area contributed by atoms with E-state index in [0.29, 0.717) is 11.8 Å². The van der Waals surface area contributed by atoms with Crippen LogP contribution in [0, 0.1) is 49.9 Å². The van der Waals surface area contributed by atoms with Gasteiger partial charge in [-0.05, 0) is 129 Å². The molecule has 90 heavy (non-hydrogen) atoms. The van der Waals surface area contributed by atoms with Gasteiger partial charge in [0.05, 0.1) is 0 Å². The first kappa shape index (κ1) is 65.7. The quantitative estimate of drug-likeness (QED) is 0.114. The van der Waals surface area contributed by atoms with Gasteiger partial charge in [-0.25, -0.2) is 0 Å². The second-order valence-corrected chi connectivity index (χ2v) is 23.2. The van der Waals surface area contributed by atoms with Crippen LogP contribution in [0.15, 0.2) is 243 Å². The third-order valence-corrected chi connectivity index (χ3v) is 15.8. The van der Waals surface area contributed by atoms with Gasteiger partial charge < -0.3 is 29.1 Å². The van der Waals surface area contributed by atoms with Crippen molar-refractivity contribution in [3.05, 3.63) is 290 Å². The molecule has 0 aliphatic heterocycles. The summed E-state index contributed by atoms with van der Waals surface area (Å²) in [6.45, 7) is 19.5. The molecule has 0 spiro atoms. The summed E-state index contributed by atoms with van der Waals surface area (Å²) in [7, 11) is 0. The zero-order valence-electron chi connectivity index (χ0n) is 52.4. The fraction of sp³-hybridized carbons (Fsp3) is 0.171. The van der Waals surface area contributed by atoms with Gasteiger partial charge in [-0.1, -0.05) is 186 Å². The van der Waals surface area contributed by atoms with Gasteiger partial charge in [0.15, 0.2) is 0 Å². The molecule has 6 heterocycles. The van der Waals surface area contributed by atoms with Gasteiger partial charge in [0.25, 0.3) is 0 Å². The minimum atomic E-state index is 0. The molecule has 14 rings (SSSR count). The zero-order chi connectivity index (χ0) is 60.9. The van der Waals surface area contributed by atoms with Crippen molar-refractivity contribution in [3.8, 4) is 67.3 Å². The van der Waals surface area contributed by atoms with Crippen molar-refractivity contribution >= 4 is 43.6 Å². The van der Waals surface area contributed by atoms with Crippen LogP contribution in [0.3, 0.4) is 0 Å². The molecule has 8 aromatic carbocycles. The SMILES string of the molecule is CCc1cc(-c2[c-]cccc2)ncc1-c1ccccc1.CCc1cc(-c2[c-]cccc2)ncc1-c1ccccc1.Cc1ccc(-c2[c-]cc3c(c2)c2ccccc2n3CC(C)C)nc1.Cc1ccc(-c2[c-]cc3c4ccccc4n(CC(C)C)c3c2)nc1.[Ir].[Ir]. The van der Waals surface area contributed by atoms with Crippen molar-refractivity contribution in [1.82, 2.24) is 29.1 Å². The van der Waals surface area contributed by atoms with Crippen LogP contribution in [0.4, 0.5) is 0 Å². The number of rotatable bonds is 12. The molecule has 0 fully saturated rings. The Labute approximate surface area is 558 Å². The number of hydrogen-bond acceptors (Lipinski definition) is 4. The first-order chi connectivity index (χ1) is 43.0. The van der Waals surface area contributed by atoms with E-state index in [1.54, 1.807) is 0 Å². The van der Waals surface area contributed by atoms with E-state index < -0.39 is 0 Å². The number of hydrogen-bond donors (Lipinski definition) is 0. The van der Waals surface area contributed by atoms with Crippen molar-refractivity contribution < 1.29 is 40.2 Å². The number of pyridine rings is 4. The average Bonchev–Trinajstić information content (AvgIpc) is 1.66. The molecule has 0 unspecified atom stereocenters. The molecular weight excluding hydrogens is 1450 g/mol. The van der Waals surface area contributed by atoms with E-state index in [2.05, 4.69) is 266 Å². The number of benzene rings is 8. The molecule has 0 amide bonds. The van der Waals surface area contributed by atoms with Crippen molar-refractivity contribution in [3.63, 3.8) is 0 Å². The van der Waals surface area contributed by atoms with E-state index in [0.717, 1.165) is 71.0 Å². The van der Waals surface area contributed by atoms with Gasteiger partial charge in [-0.15, -0.1) is 119 Å². The molecule has 2 radical (unpaired) electrons. The van der Waals surface area contributed by atoms with Gasteiger partial charge >= 0.3 is 0 Å². The summed E-state index contributed by atoms with van der Waals surface area (Å²) >= 11 is 0. The van der Waals surface area contributed by atoms with E-state index in [1.165, 1.54) is 88.1 Å². The molecule has 0 aliphatic carbocycles. The summed E-state index contributed by atoms with van der Waals surface area (Å²) < 4.78 is 4.85. The van der Waals surface area contributed by atoms with Crippen molar-refractivity contribution in [2.75, 3.05) is 0 Å². The van der Waals surface area contributed by atoms with E-state index in [-0.39, 0.29) is 40.2 Å². The number of aryl methyl sites for hydroxylation is 4. The molecule has 6 aromatic heterocycles. The third-order valence-electron chi connectivity index (χ3n) is 15.8. The minimum absolute atomic E-state index is 0. The van der Waals surface area contributed by atoms with Crippen molar-refractivity contribution in [2.45, 2.75) is 81.3 Å². The monoisotopic (exact) mass is 1530 g/mol. The summed E-state index contributed by atoms with van der Waals surface area (Å²) in [5.41, 5.74) is 23.1. The summed E-state index contributed by atoms with van der Waals surface area (Å²) in [6, 6.07) is 88.8. The first-order valence-electron chi connectivity index (χ1n) is 30.8. The molecular formula is C82H74Ir2N6-4. The van der Waals surface area contributed by atoms with Crippen LogP contribution in [-0.4, -0.2) is 29.1 Å². The van der Waals surface area contributed by atoms with Gasteiger partial charge in [0.1, 0.15) is 0 Å². The van der Waals surface area contributed by atoms with E-state index in [1.807, 2.05) is 85.5 Å². The first-order valence-corrected chi connectivity index (χ1v) is 30.8. The third kappa shape index (κ3) is 15.4. The Hall–Kier alpha value is -8.74. The maximum atomic E-state index is 4.60. The zero-order valence-corrected chi connectivity index (χ0v) is 57.2. The van der Waals surface area contributed by atoms with E-state index in [9.17, 15) is 0 Å². The maximum absolute atomic E-state index is 4.60. The Kier molecular flexibility index (Phi) is 22.7. The van der Waals surface area contributed by atoms with Gasteiger partial charge in [0, 0.05) is 100 Å². The molecule has 6 nitrogen and oxygen atoms in total. The molecule has 454 valence electrons. The van der Waals surface area contributed by atoms with E-state index >= 15 is 0 Å². The number of fused-ring (bicyclic) bond motifs is 6. The Morgan fingerprint density at radius 2 is 0.778 bits per heavy atom. The largest absolute Gasteiger partial charge is 0.380 e. The standard InChI is InChI=1S/2C22H21N2.2C19H16N.2Ir/c1-15(2)14-24-21-7-5-4-6-18(21)19-10-9-17(12-22(19)24)20-11-8-16(3)13-23-20;1-15(2)14-24-21-7-5-4-6-18(21)19-12-17(9-11-22(19)24)20-10-8-16(3)13-23-20;2*1-2-15-13-19(17-11-7-4-8-12-17)20-14-18(15)16-9-5-3-6-10-16;;/h2*4-8,10-13,15H,14H2,1-3H3;2*3-11,13-14H,2H2,1H3;;/q4*-1;;. The Balaban J connectivity index is 0.000000142. The Bertz CT molecular complexity index is 4450. The van der Waals surface area contributed by atoms with Crippen LogP contribution >= 0.6 is 0 Å². The Morgan fingerprint density at radius 1 is 0.356 bits per heavy atom. The minimum Gasteiger partial charge on any atom is -0.380 e. The maximum Gasteiger partial charge on any atom is 0.0391 e. The predicted octanol–water partition coefficient (Wildman–Crippen LogP) is 20.8. The fourth-order valence-corrected chi connectivity index (χ4v) is 11.4. The van der Waals surface area contributed by atoms with Crippen molar-refractivity contribution in [1.29, 1.82) is 0 Å². The van der Waals surface area contributed by atoms with Gasteiger partial charge in [-0.2, -0.15) is 0 Å². The Morgan fingerprint density at radius 3 is 1.22 bits per heavy atom. The van der Waals surface area contributed by atoms with Gasteiger partial charge in [0.2, 0.25) is 0 Å². The van der Waals surface area contributed by atoms with Crippen LogP contribution < -0.4 is 0 Å². The molecule has 0 N–H and O–H groups in total. The fourth-order valence-electron chi connectivity index (χ4n) is 11.4. The predicted molar refractivity (Wildman–Crippen MR) is 369 cm³/mol. The van der Waals surface area contributed by atoms with E-state index in [4.69, 9.17) is 0 Å². The van der Waals surface area contributed by atoms with Crippen LogP contribution in [0.5, 0.6) is 0 Å². The molecule has 0 atom stereocenters. The van der Waals surface area contributed by atoms with Gasteiger partial charge in [-0.3, -0.25) is 0 Å². The molecule has 14 aromatic rings. The number of nitrogens with zero attached hydrogens (tertiary/aromatic N) is 6. The molecule has 0 aliphatic rings. The van der Waals surface area contributed by atoms with Crippen LogP contribution in [0.2, 0.25) is 0 Å². The second-order valence-electron chi connectivity index (χ2n) is 23.2. The van der Waals surface area contributed by atoms with Crippen molar-refractivity contribution in [2.24, 2.45) is 11.8 Å². The van der Waals surface area contributed by atoms with Crippen LogP contribution in [-0.2, 0) is 66.1 Å². The normalized spacial score (nSPS) is 10.9. The summed E-state index contributed by atoms with van der Waals surface area (Å²) in [6.07, 6.45) is 9.76. The summed E-state index contributed by atoms with van der Waals surface area (Å²) in [5.74, 6) is 1.19. The van der Waals surface area contributed by atoms with Crippen LogP contribution in [0.1, 0.15) is 63.8 Å². The molecule has 0 saturated heterocycles. The molecule has 0 bridgehead atoms. The summed E-state index contributed by atoms with van der Waals surface area (Å²) in [4.78, 5) is 18.3. The molecule has 8 heteroatoms. The second kappa shape index (κ2) is 31.1. The summed E-state index contributed by atoms with van der Waals surface area (Å²) in [5, 5.41) is 5.15. The average molecular weight is 1530 g/mol. The smallest absolute Gasteiger partial charge is 0.0391 e. The number of para-hydroxylation sites is 2.